The molecule has 0 radical (unpaired) electrons. The highest BCUT2D eigenvalue weighted by Gasteiger charge is 2.41. The summed E-state index contributed by atoms with van der Waals surface area (Å²) < 4.78 is 0. The van der Waals surface area contributed by atoms with Crippen molar-refractivity contribution in [1.29, 1.82) is 0 Å². The Morgan fingerprint density at radius 3 is 2.31 bits per heavy atom. The standard InChI is InChI=1S/C13H17NO2/c1-9(14)13(8-12(15)16)6-10-4-2-3-5-11(10)7-13/h2-5,9H,6-8,14H2,1H3,(H,15,16). The Hall–Kier alpha value is -1.35. The van der Waals surface area contributed by atoms with Gasteiger partial charge in [0.1, 0.15) is 0 Å². The van der Waals surface area contributed by atoms with Crippen LogP contribution in [0.25, 0.3) is 0 Å². The first-order valence-electron chi connectivity index (χ1n) is 5.58. The second kappa shape index (κ2) is 3.91. The molecule has 16 heavy (non-hydrogen) atoms. The highest BCUT2D eigenvalue weighted by Crippen LogP contribution is 2.41. The van der Waals surface area contributed by atoms with Gasteiger partial charge in [-0.2, -0.15) is 0 Å². The minimum absolute atomic E-state index is 0.101. The fraction of sp³-hybridized carbons (Fsp3) is 0.462. The highest BCUT2D eigenvalue weighted by atomic mass is 16.4. The second-order valence-electron chi connectivity index (χ2n) is 4.84. The van der Waals surface area contributed by atoms with Crippen molar-refractivity contribution in [3.8, 4) is 0 Å². The maximum Gasteiger partial charge on any atom is 0.303 e. The Morgan fingerprint density at radius 2 is 1.94 bits per heavy atom. The quantitative estimate of drug-likeness (QED) is 0.811. The fourth-order valence-corrected chi connectivity index (χ4v) is 2.63. The van der Waals surface area contributed by atoms with E-state index >= 15 is 0 Å². The lowest BCUT2D eigenvalue weighted by Crippen LogP contribution is -2.42. The minimum atomic E-state index is -0.759. The molecule has 0 fully saturated rings. The average Bonchev–Trinajstić information content (AvgIpc) is 2.55. The maximum atomic E-state index is 11.0. The van der Waals surface area contributed by atoms with Gasteiger partial charge in [-0.15, -0.1) is 0 Å². The van der Waals surface area contributed by atoms with Gasteiger partial charge in [0.2, 0.25) is 0 Å². The molecule has 1 unspecified atom stereocenters. The van der Waals surface area contributed by atoms with Crippen molar-refractivity contribution >= 4 is 5.97 Å². The fourth-order valence-electron chi connectivity index (χ4n) is 2.63. The second-order valence-corrected chi connectivity index (χ2v) is 4.84. The van der Waals surface area contributed by atoms with Crippen LogP contribution in [0, 0.1) is 5.41 Å². The Kier molecular flexibility index (Phi) is 2.72. The van der Waals surface area contributed by atoms with Gasteiger partial charge in [-0.25, -0.2) is 0 Å². The molecule has 3 N–H and O–H groups in total. The van der Waals surface area contributed by atoms with Crippen LogP contribution in [0.5, 0.6) is 0 Å². The first kappa shape index (κ1) is 11.1. The van der Waals surface area contributed by atoms with Crippen LogP contribution < -0.4 is 5.73 Å². The summed E-state index contributed by atoms with van der Waals surface area (Å²) in [4.78, 5) is 11.0. The van der Waals surface area contributed by atoms with Crippen molar-refractivity contribution < 1.29 is 9.90 Å². The van der Waals surface area contributed by atoms with E-state index in [9.17, 15) is 4.79 Å². The first-order valence-corrected chi connectivity index (χ1v) is 5.58. The number of nitrogens with two attached hydrogens (primary N) is 1. The van der Waals surface area contributed by atoms with E-state index in [4.69, 9.17) is 10.8 Å². The zero-order chi connectivity index (χ0) is 11.8. The molecule has 2 rings (SSSR count). The third-order valence-electron chi connectivity index (χ3n) is 3.67. The van der Waals surface area contributed by atoms with E-state index in [0.717, 1.165) is 12.8 Å². The largest absolute Gasteiger partial charge is 0.481 e. The predicted octanol–water partition coefficient (Wildman–Crippen LogP) is 1.59. The summed E-state index contributed by atoms with van der Waals surface area (Å²) in [6, 6.07) is 8.03. The van der Waals surface area contributed by atoms with Crippen LogP contribution in [0.2, 0.25) is 0 Å². The van der Waals surface area contributed by atoms with Gasteiger partial charge in [0.15, 0.2) is 0 Å². The summed E-state index contributed by atoms with van der Waals surface area (Å²) in [5, 5.41) is 9.01. The lowest BCUT2D eigenvalue weighted by molar-refractivity contribution is -0.140. The predicted molar refractivity (Wildman–Crippen MR) is 62.2 cm³/mol. The number of carboxylic acid groups (broad SMARTS) is 1. The van der Waals surface area contributed by atoms with Crippen molar-refractivity contribution in [1.82, 2.24) is 0 Å². The number of benzene rings is 1. The average molecular weight is 219 g/mol. The summed E-state index contributed by atoms with van der Waals surface area (Å²) in [5.74, 6) is -0.759. The van der Waals surface area contributed by atoms with Crippen molar-refractivity contribution in [2.75, 3.05) is 0 Å². The molecule has 1 aromatic rings. The molecule has 86 valence electrons. The van der Waals surface area contributed by atoms with Crippen molar-refractivity contribution in [3.05, 3.63) is 35.4 Å². The molecule has 3 heteroatoms. The van der Waals surface area contributed by atoms with E-state index < -0.39 is 5.97 Å². The molecular formula is C13H17NO2. The number of carboxylic acids is 1. The van der Waals surface area contributed by atoms with Crippen molar-refractivity contribution in [3.63, 3.8) is 0 Å². The molecular weight excluding hydrogens is 202 g/mol. The van der Waals surface area contributed by atoms with Gasteiger partial charge in [-0.3, -0.25) is 4.79 Å². The summed E-state index contributed by atoms with van der Waals surface area (Å²) in [6.07, 6.45) is 1.72. The van der Waals surface area contributed by atoms with Crippen LogP contribution in [-0.2, 0) is 17.6 Å². The maximum absolute atomic E-state index is 11.0. The molecule has 0 spiro atoms. The Balaban J connectivity index is 2.31. The van der Waals surface area contributed by atoms with Gasteiger partial charge >= 0.3 is 5.97 Å². The molecule has 0 saturated heterocycles. The number of carbonyl (C=O) groups is 1. The van der Waals surface area contributed by atoms with Crippen LogP contribution in [0.15, 0.2) is 24.3 Å². The first-order chi connectivity index (χ1) is 7.53. The Morgan fingerprint density at radius 1 is 1.44 bits per heavy atom. The molecule has 0 aliphatic heterocycles. The lowest BCUT2D eigenvalue weighted by Gasteiger charge is -2.31. The third-order valence-corrected chi connectivity index (χ3v) is 3.67. The van der Waals surface area contributed by atoms with E-state index in [2.05, 4.69) is 12.1 Å². The monoisotopic (exact) mass is 219 g/mol. The van der Waals surface area contributed by atoms with E-state index in [1.165, 1.54) is 11.1 Å². The summed E-state index contributed by atoms with van der Waals surface area (Å²) in [7, 11) is 0. The normalized spacial score (nSPS) is 19.1. The number of rotatable bonds is 3. The van der Waals surface area contributed by atoms with Gasteiger partial charge in [0, 0.05) is 11.5 Å². The molecule has 1 atom stereocenters. The van der Waals surface area contributed by atoms with Crippen LogP contribution in [0.1, 0.15) is 24.5 Å². The molecule has 0 saturated carbocycles. The summed E-state index contributed by atoms with van der Waals surface area (Å²) >= 11 is 0. The molecule has 3 nitrogen and oxygen atoms in total. The zero-order valence-corrected chi connectivity index (χ0v) is 9.44. The SMILES string of the molecule is CC(N)C1(CC(=O)O)Cc2ccccc2C1. The molecule has 1 aliphatic rings. The van der Waals surface area contributed by atoms with Crippen molar-refractivity contribution in [2.45, 2.75) is 32.2 Å². The summed E-state index contributed by atoms with van der Waals surface area (Å²) in [5.41, 5.74) is 8.20. The zero-order valence-electron chi connectivity index (χ0n) is 9.44. The molecule has 0 bridgehead atoms. The molecule has 0 aromatic heterocycles. The van der Waals surface area contributed by atoms with Gasteiger partial charge < -0.3 is 10.8 Å². The molecule has 1 aliphatic carbocycles. The lowest BCUT2D eigenvalue weighted by atomic mass is 9.76. The molecule has 0 heterocycles. The van der Waals surface area contributed by atoms with Crippen LogP contribution in [-0.4, -0.2) is 17.1 Å². The van der Waals surface area contributed by atoms with Crippen molar-refractivity contribution in [2.24, 2.45) is 11.1 Å². The topological polar surface area (TPSA) is 63.3 Å². The van der Waals surface area contributed by atoms with Gasteiger partial charge in [-0.1, -0.05) is 24.3 Å². The number of aliphatic carboxylic acids is 1. The van der Waals surface area contributed by atoms with Crippen LogP contribution in [0.4, 0.5) is 0 Å². The summed E-state index contributed by atoms with van der Waals surface area (Å²) in [6.45, 7) is 1.91. The van der Waals surface area contributed by atoms with E-state index in [1.807, 2.05) is 19.1 Å². The molecule has 1 aromatic carbocycles. The Labute approximate surface area is 95.3 Å². The molecule has 0 amide bonds. The number of fused-ring (bicyclic) bond motifs is 1. The van der Waals surface area contributed by atoms with E-state index in [-0.39, 0.29) is 17.9 Å². The van der Waals surface area contributed by atoms with E-state index in [1.54, 1.807) is 0 Å². The smallest absolute Gasteiger partial charge is 0.303 e. The van der Waals surface area contributed by atoms with E-state index in [0.29, 0.717) is 0 Å². The number of hydrogen-bond acceptors (Lipinski definition) is 2. The Bertz CT molecular complexity index is 387. The number of hydrogen-bond donors (Lipinski definition) is 2. The highest BCUT2D eigenvalue weighted by molar-refractivity contribution is 5.68. The van der Waals surface area contributed by atoms with Gasteiger partial charge in [-0.05, 0) is 30.9 Å². The van der Waals surface area contributed by atoms with Crippen LogP contribution >= 0.6 is 0 Å². The minimum Gasteiger partial charge on any atom is -0.481 e. The van der Waals surface area contributed by atoms with Crippen LogP contribution in [0.3, 0.4) is 0 Å². The van der Waals surface area contributed by atoms with Gasteiger partial charge in [0.05, 0.1) is 6.42 Å². The third kappa shape index (κ3) is 1.83. The van der Waals surface area contributed by atoms with Gasteiger partial charge in [0.25, 0.3) is 0 Å².